The second-order valence-corrected chi connectivity index (χ2v) is 8.95. The van der Waals surface area contributed by atoms with Crippen LogP contribution in [0.5, 0.6) is 11.5 Å². The van der Waals surface area contributed by atoms with Crippen LogP contribution in [0.3, 0.4) is 0 Å². The number of nitrogens with zero attached hydrogens (tertiary/aromatic N) is 3. The Morgan fingerprint density at radius 2 is 2.00 bits per heavy atom. The minimum absolute atomic E-state index is 0.160. The Labute approximate surface area is 181 Å². The molecular formula is C23H29N3O3S. The van der Waals surface area contributed by atoms with Crippen molar-refractivity contribution in [3.8, 4) is 11.5 Å². The van der Waals surface area contributed by atoms with E-state index >= 15 is 0 Å². The van der Waals surface area contributed by atoms with Crippen LogP contribution in [0.4, 0.5) is 0 Å². The van der Waals surface area contributed by atoms with Crippen LogP contribution in [-0.2, 0) is 13.5 Å². The Morgan fingerprint density at radius 3 is 2.73 bits per heavy atom. The molecule has 1 aliphatic rings. The first kappa shape index (κ1) is 20.7. The summed E-state index contributed by atoms with van der Waals surface area (Å²) in [7, 11) is 5.24. The van der Waals surface area contributed by atoms with Gasteiger partial charge in [-0.1, -0.05) is 6.07 Å². The van der Waals surface area contributed by atoms with Crippen LogP contribution < -0.4 is 9.47 Å². The van der Waals surface area contributed by atoms with Gasteiger partial charge in [0.2, 0.25) is 0 Å². The van der Waals surface area contributed by atoms with Gasteiger partial charge in [-0.2, -0.15) is 5.10 Å². The minimum Gasteiger partial charge on any atom is -0.493 e. The van der Waals surface area contributed by atoms with E-state index in [4.69, 9.17) is 9.47 Å². The summed E-state index contributed by atoms with van der Waals surface area (Å²) in [4.78, 5) is 17.3. The molecule has 0 saturated carbocycles. The topological polar surface area (TPSA) is 56.6 Å². The summed E-state index contributed by atoms with van der Waals surface area (Å²) in [5, 5.41) is 5.54. The highest BCUT2D eigenvalue weighted by molar-refractivity contribution is 7.20. The molecule has 0 bridgehead atoms. The van der Waals surface area contributed by atoms with Crippen molar-refractivity contribution in [3.63, 3.8) is 0 Å². The molecule has 1 atom stereocenters. The maximum Gasteiger partial charge on any atom is 0.264 e. The molecule has 1 saturated heterocycles. The van der Waals surface area contributed by atoms with Crippen LogP contribution in [0.15, 0.2) is 24.3 Å². The number of hydrogen-bond donors (Lipinski definition) is 0. The Morgan fingerprint density at radius 1 is 1.20 bits per heavy atom. The minimum atomic E-state index is 0.160. The molecule has 160 valence electrons. The number of rotatable bonds is 6. The summed E-state index contributed by atoms with van der Waals surface area (Å²) >= 11 is 1.55. The number of aryl methyl sites for hydroxylation is 3. The number of likely N-dealkylation sites (tertiary alicyclic amines) is 1. The maximum atomic E-state index is 13.4. The maximum absolute atomic E-state index is 13.4. The van der Waals surface area contributed by atoms with Gasteiger partial charge in [-0.3, -0.25) is 9.48 Å². The van der Waals surface area contributed by atoms with Crippen LogP contribution in [0.2, 0.25) is 0 Å². The second-order valence-electron chi connectivity index (χ2n) is 7.91. The normalized spacial score (nSPS) is 16.8. The molecule has 0 aliphatic carbocycles. The van der Waals surface area contributed by atoms with Crippen LogP contribution in [0.25, 0.3) is 10.2 Å². The van der Waals surface area contributed by atoms with Crippen LogP contribution in [-0.4, -0.2) is 47.4 Å². The molecule has 3 heterocycles. The highest BCUT2D eigenvalue weighted by Gasteiger charge is 2.29. The van der Waals surface area contributed by atoms with Gasteiger partial charge in [0.05, 0.1) is 24.8 Å². The van der Waals surface area contributed by atoms with E-state index in [1.807, 2.05) is 36.9 Å². The zero-order valence-corrected chi connectivity index (χ0v) is 18.9. The van der Waals surface area contributed by atoms with Crippen molar-refractivity contribution in [2.45, 2.75) is 45.1 Å². The van der Waals surface area contributed by atoms with Crippen molar-refractivity contribution < 1.29 is 14.3 Å². The first-order valence-corrected chi connectivity index (χ1v) is 11.3. The lowest BCUT2D eigenvalue weighted by Gasteiger charge is -2.35. The number of aromatic nitrogens is 2. The fourth-order valence-corrected chi connectivity index (χ4v) is 5.47. The summed E-state index contributed by atoms with van der Waals surface area (Å²) in [6.07, 6.45) is 5.17. The van der Waals surface area contributed by atoms with E-state index in [0.29, 0.717) is 0 Å². The van der Waals surface area contributed by atoms with Gasteiger partial charge >= 0.3 is 0 Å². The molecule has 0 N–H and O–H groups in total. The number of fused-ring (bicyclic) bond motifs is 1. The standard InChI is InChI=1S/C23H29N3O3S/c1-15-18-14-21(30-23(18)25(2)24-15)22(27)26-12-6-5-7-17(26)10-8-16-9-11-19(28-3)20(13-16)29-4/h9,11,13-14,17H,5-8,10,12H2,1-4H3. The van der Waals surface area contributed by atoms with E-state index in [9.17, 15) is 4.79 Å². The number of methoxy groups -OCH3 is 2. The van der Waals surface area contributed by atoms with Crippen LogP contribution in [0, 0.1) is 6.92 Å². The third-order valence-corrected chi connectivity index (χ3v) is 7.20. The van der Waals surface area contributed by atoms with Crippen LogP contribution >= 0.6 is 11.3 Å². The van der Waals surface area contributed by atoms with E-state index in [1.54, 1.807) is 25.6 Å². The quantitative estimate of drug-likeness (QED) is 0.577. The van der Waals surface area contributed by atoms with E-state index in [-0.39, 0.29) is 11.9 Å². The van der Waals surface area contributed by atoms with Gasteiger partial charge < -0.3 is 14.4 Å². The molecule has 6 nitrogen and oxygen atoms in total. The Bertz CT molecular complexity index is 1020. The smallest absolute Gasteiger partial charge is 0.264 e. The van der Waals surface area contributed by atoms with Crippen molar-refractivity contribution in [2.24, 2.45) is 7.05 Å². The third-order valence-electron chi connectivity index (χ3n) is 6.01. The molecule has 30 heavy (non-hydrogen) atoms. The first-order chi connectivity index (χ1) is 14.5. The van der Waals surface area contributed by atoms with Gasteiger partial charge in [0.25, 0.3) is 5.91 Å². The summed E-state index contributed by atoms with van der Waals surface area (Å²) < 4.78 is 12.6. The number of carbonyl (C=O) groups is 1. The lowest BCUT2D eigenvalue weighted by atomic mass is 9.95. The van der Waals surface area contributed by atoms with E-state index in [0.717, 1.165) is 64.5 Å². The molecule has 1 unspecified atom stereocenters. The highest BCUT2D eigenvalue weighted by atomic mass is 32.1. The lowest BCUT2D eigenvalue weighted by molar-refractivity contribution is 0.0607. The lowest BCUT2D eigenvalue weighted by Crippen LogP contribution is -2.43. The fraction of sp³-hybridized carbons (Fsp3) is 0.478. The van der Waals surface area contributed by atoms with Crippen LogP contribution in [0.1, 0.15) is 46.6 Å². The van der Waals surface area contributed by atoms with E-state index in [1.165, 1.54) is 12.0 Å². The number of thiophene rings is 1. The number of piperidine rings is 1. The molecule has 0 radical (unpaired) electrons. The summed E-state index contributed by atoms with van der Waals surface area (Å²) in [5.74, 6) is 1.65. The van der Waals surface area contributed by atoms with Gasteiger partial charge in [-0.05, 0) is 62.8 Å². The number of hydrogen-bond acceptors (Lipinski definition) is 5. The molecule has 1 aromatic carbocycles. The predicted octanol–water partition coefficient (Wildman–Crippen LogP) is 4.59. The molecular weight excluding hydrogens is 398 g/mol. The summed E-state index contributed by atoms with van der Waals surface area (Å²) in [5.41, 5.74) is 2.18. The molecule has 3 aromatic rings. The Kier molecular flexibility index (Phi) is 5.99. The molecule has 0 spiro atoms. The second kappa shape index (κ2) is 8.68. The number of amides is 1. The number of benzene rings is 1. The summed E-state index contributed by atoms with van der Waals surface area (Å²) in [6, 6.07) is 8.35. The highest BCUT2D eigenvalue weighted by Crippen LogP contribution is 2.32. The van der Waals surface area contributed by atoms with Crippen molar-refractivity contribution in [1.82, 2.24) is 14.7 Å². The Hall–Kier alpha value is -2.54. The monoisotopic (exact) mass is 427 g/mol. The number of ether oxygens (including phenoxy) is 2. The largest absolute Gasteiger partial charge is 0.493 e. The SMILES string of the molecule is COc1ccc(CCC2CCCCN2C(=O)c2cc3c(C)nn(C)c3s2)cc1OC. The molecule has 2 aromatic heterocycles. The first-order valence-electron chi connectivity index (χ1n) is 10.5. The molecule has 1 aliphatic heterocycles. The zero-order chi connectivity index (χ0) is 21.3. The van der Waals surface area contributed by atoms with Gasteiger partial charge in [-0.15, -0.1) is 11.3 Å². The molecule has 1 fully saturated rings. The van der Waals surface area contributed by atoms with Gasteiger partial charge in [-0.25, -0.2) is 0 Å². The average molecular weight is 428 g/mol. The Balaban J connectivity index is 1.49. The van der Waals surface area contributed by atoms with Gasteiger partial charge in [0.1, 0.15) is 4.83 Å². The molecule has 4 rings (SSSR count). The van der Waals surface area contributed by atoms with E-state index in [2.05, 4.69) is 16.1 Å². The van der Waals surface area contributed by atoms with Crippen molar-refractivity contribution in [3.05, 3.63) is 40.4 Å². The average Bonchev–Trinajstić information content (AvgIpc) is 3.33. The van der Waals surface area contributed by atoms with Crippen molar-refractivity contribution >= 4 is 27.5 Å². The predicted molar refractivity (Wildman–Crippen MR) is 120 cm³/mol. The fourth-order valence-electron chi connectivity index (χ4n) is 4.39. The molecule has 7 heteroatoms. The van der Waals surface area contributed by atoms with Crippen molar-refractivity contribution in [2.75, 3.05) is 20.8 Å². The van der Waals surface area contributed by atoms with E-state index < -0.39 is 0 Å². The zero-order valence-electron chi connectivity index (χ0n) is 18.1. The van der Waals surface area contributed by atoms with Gasteiger partial charge in [0, 0.05) is 25.0 Å². The van der Waals surface area contributed by atoms with Gasteiger partial charge in [0.15, 0.2) is 11.5 Å². The number of carbonyl (C=O) groups excluding carboxylic acids is 1. The molecule has 1 amide bonds. The summed E-state index contributed by atoms with van der Waals surface area (Å²) in [6.45, 7) is 2.83. The third kappa shape index (κ3) is 3.90. The van der Waals surface area contributed by atoms with Crippen molar-refractivity contribution in [1.29, 1.82) is 0 Å².